The summed E-state index contributed by atoms with van der Waals surface area (Å²) < 4.78 is 102. The zero-order valence-electron chi connectivity index (χ0n) is 9.43. The first-order valence-corrected chi connectivity index (χ1v) is 4.75. The Hall–Kier alpha value is -2.14. The van der Waals surface area contributed by atoms with Crippen molar-refractivity contribution in [2.75, 3.05) is 0 Å². The van der Waals surface area contributed by atoms with Crippen LogP contribution in [0.1, 0.15) is 11.1 Å². The number of hydrogen-bond donors (Lipinski definition) is 0. The third kappa shape index (κ3) is 3.92. The summed E-state index contributed by atoms with van der Waals surface area (Å²) >= 11 is 0. The van der Waals surface area contributed by atoms with Crippen molar-refractivity contribution < 1.29 is 44.8 Å². The zero-order chi connectivity index (χ0) is 16.6. The Kier molecular flexibility index (Phi) is 4.29. The van der Waals surface area contributed by atoms with Crippen molar-refractivity contribution in [2.45, 2.75) is 19.0 Å². The second-order valence-electron chi connectivity index (χ2n) is 3.50. The van der Waals surface area contributed by atoms with Crippen molar-refractivity contribution in [3.05, 3.63) is 33.4 Å². The summed E-state index contributed by atoms with van der Waals surface area (Å²) in [5.41, 5.74) is -6.36. The first kappa shape index (κ1) is 16.9. The van der Waals surface area contributed by atoms with Gasteiger partial charge < -0.3 is 4.74 Å². The van der Waals surface area contributed by atoms with Gasteiger partial charge in [-0.25, -0.2) is 0 Å². The fourth-order valence-electron chi connectivity index (χ4n) is 1.36. The smallest absolute Gasteiger partial charge is 0.423 e. The Labute approximate surface area is 110 Å². The Morgan fingerprint density at radius 3 is 1.90 bits per heavy atom. The van der Waals surface area contributed by atoms with E-state index < -0.39 is 52.5 Å². The average Bonchev–Trinajstić information content (AvgIpc) is 2.23. The molecule has 0 bridgehead atoms. The molecule has 118 valence electrons. The van der Waals surface area contributed by atoms with Gasteiger partial charge in [-0.2, -0.15) is 35.1 Å². The van der Waals surface area contributed by atoms with Crippen LogP contribution in [0.4, 0.5) is 40.8 Å². The van der Waals surface area contributed by atoms with Crippen molar-refractivity contribution in [3.63, 3.8) is 0 Å². The maximum absolute atomic E-state index is 12.6. The number of benzene rings is 1. The third-order valence-electron chi connectivity index (χ3n) is 2.11. The zero-order valence-corrected chi connectivity index (χ0v) is 9.43. The number of halogens is 8. The van der Waals surface area contributed by atoms with Gasteiger partial charge in [0.15, 0.2) is 0 Å². The molecule has 0 fully saturated rings. The van der Waals surface area contributed by atoms with Gasteiger partial charge in [-0.1, -0.05) is 0 Å². The number of ether oxygens (including phenoxy) is 1. The van der Waals surface area contributed by atoms with Crippen LogP contribution in [0.5, 0.6) is 5.75 Å². The summed E-state index contributed by atoms with van der Waals surface area (Å²) in [4.78, 5) is 8.78. The Bertz CT molecular complexity index is 551. The van der Waals surface area contributed by atoms with Crippen molar-refractivity contribution in [2.24, 2.45) is 0 Å². The highest BCUT2D eigenvalue weighted by Crippen LogP contribution is 2.45. The molecule has 0 radical (unpaired) electrons. The van der Waals surface area contributed by atoms with Crippen LogP contribution in [0.25, 0.3) is 0 Å². The molecule has 4 nitrogen and oxygen atoms in total. The first-order valence-electron chi connectivity index (χ1n) is 4.75. The van der Waals surface area contributed by atoms with Crippen LogP contribution in [-0.4, -0.2) is 11.5 Å². The van der Waals surface area contributed by atoms with E-state index in [1.54, 1.807) is 0 Å². The van der Waals surface area contributed by atoms with Gasteiger partial charge in [0.1, 0.15) is 5.56 Å². The molecule has 0 aliphatic carbocycles. The van der Waals surface area contributed by atoms with Crippen molar-refractivity contribution in [1.29, 1.82) is 0 Å². The molecule has 0 unspecified atom stereocenters. The predicted octanol–water partition coefficient (Wildman–Crippen LogP) is 4.23. The molecule has 0 saturated heterocycles. The molecule has 0 aliphatic rings. The minimum atomic E-state index is -5.57. The molecule has 0 aliphatic heterocycles. The van der Waals surface area contributed by atoms with E-state index in [0.717, 1.165) is 0 Å². The lowest BCUT2D eigenvalue weighted by Gasteiger charge is -2.15. The quantitative estimate of drug-likeness (QED) is 0.475. The molecule has 1 aromatic carbocycles. The maximum Gasteiger partial charge on any atom is 0.423 e. The highest BCUT2D eigenvalue weighted by molar-refractivity contribution is 5.56. The topological polar surface area (TPSA) is 52.4 Å². The first-order chi connectivity index (χ1) is 9.34. The maximum atomic E-state index is 12.6. The van der Waals surface area contributed by atoms with Crippen LogP contribution in [0, 0.1) is 10.1 Å². The third-order valence-corrected chi connectivity index (χ3v) is 2.11. The van der Waals surface area contributed by atoms with Gasteiger partial charge in [-0.05, 0) is 12.1 Å². The van der Waals surface area contributed by atoms with E-state index in [1.807, 2.05) is 0 Å². The predicted molar refractivity (Wildman–Crippen MR) is 49.7 cm³/mol. The van der Waals surface area contributed by atoms with Crippen LogP contribution < -0.4 is 4.74 Å². The average molecular weight is 325 g/mol. The van der Waals surface area contributed by atoms with Crippen LogP contribution >= 0.6 is 0 Å². The molecule has 0 spiro atoms. The van der Waals surface area contributed by atoms with Crippen molar-refractivity contribution >= 4 is 5.69 Å². The van der Waals surface area contributed by atoms with Gasteiger partial charge in [-0.3, -0.25) is 10.1 Å². The summed E-state index contributed by atoms with van der Waals surface area (Å²) in [6, 6.07) is -0.837. The van der Waals surface area contributed by atoms with E-state index >= 15 is 0 Å². The van der Waals surface area contributed by atoms with E-state index in [1.165, 1.54) is 0 Å². The summed E-state index contributed by atoms with van der Waals surface area (Å²) in [6.45, 7) is -3.84. The Morgan fingerprint density at radius 1 is 1.05 bits per heavy atom. The minimum absolute atomic E-state index is 0.292. The van der Waals surface area contributed by atoms with E-state index in [2.05, 4.69) is 4.74 Å². The second kappa shape index (κ2) is 5.33. The molecular formula is C9H3F8NO3. The standard InChI is InChI=1S/C9H3F8NO3/c10-7(11)21-5-2-3(8(12,13)14)1-4(9(15,16)17)6(5)18(19)20/h1-2,7H. The lowest BCUT2D eigenvalue weighted by atomic mass is 10.1. The Balaban J connectivity index is 3.70. The largest absolute Gasteiger partial charge is 0.427 e. The molecule has 0 amide bonds. The monoisotopic (exact) mass is 325 g/mol. The number of nitro groups is 1. The highest BCUT2D eigenvalue weighted by Gasteiger charge is 2.44. The van der Waals surface area contributed by atoms with Crippen LogP contribution in [0.15, 0.2) is 12.1 Å². The van der Waals surface area contributed by atoms with Gasteiger partial charge in [0, 0.05) is 0 Å². The van der Waals surface area contributed by atoms with Crippen molar-refractivity contribution in [3.8, 4) is 5.75 Å². The lowest BCUT2D eigenvalue weighted by Crippen LogP contribution is -2.15. The van der Waals surface area contributed by atoms with Gasteiger partial charge in [0.25, 0.3) is 0 Å². The molecule has 1 aromatic rings. The SMILES string of the molecule is O=[N+]([O-])c1c(OC(F)F)cc(C(F)(F)F)cc1C(F)(F)F. The van der Waals surface area contributed by atoms with Crippen LogP contribution in [0.2, 0.25) is 0 Å². The fourth-order valence-corrected chi connectivity index (χ4v) is 1.36. The number of alkyl halides is 8. The molecular weight excluding hydrogens is 322 g/mol. The number of nitro benzene ring substituents is 1. The number of nitrogens with zero attached hydrogens (tertiary/aromatic N) is 1. The molecule has 1 rings (SSSR count). The number of rotatable bonds is 3. The van der Waals surface area contributed by atoms with Crippen molar-refractivity contribution in [1.82, 2.24) is 0 Å². The second-order valence-corrected chi connectivity index (χ2v) is 3.50. The van der Waals surface area contributed by atoms with E-state index in [9.17, 15) is 45.2 Å². The van der Waals surface area contributed by atoms with E-state index in [4.69, 9.17) is 0 Å². The molecule has 0 N–H and O–H groups in total. The summed E-state index contributed by atoms with van der Waals surface area (Å²) in [6.07, 6.45) is -10.9. The molecule has 0 atom stereocenters. The van der Waals surface area contributed by atoms with Crippen LogP contribution in [0.3, 0.4) is 0 Å². The van der Waals surface area contributed by atoms with Gasteiger partial charge in [0.2, 0.25) is 5.75 Å². The minimum Gasteiger partial charge on any atom is -0.427 e. The summed E-state index contributed by atoms with van der Waals surface area (Å²) in [7, 11) is 0. The normalized spacial score (nSPS) is 12.6. The fraction of sp³-hybridized carbons (Fsp3) is 0.333. The molecule has 12 heteroatoms. The number of hydrogen-bond acceptors (Lipinski definition) is 3. The molecule has 0 saturated carbocycles. The Morgan fingerprint density at radius 2 is 1.57 bits per heavy atom. The van der Waals surface area contributed by atoms with Gasteiger partial charge >= 0.3 is 24.7 Å². The summed E-state index contributed by atoms with van der Waals surface area (Å²) in [5.74, 6) is -1.82. The van der Waals surface area contributed by atoms with E-state index in [0.29, 0.717) is 0 Å². The highest BCUT2D eigenvalue weighted by atomic mass is 19.4. The molecule has 0 heterocycles. The molecule has 21 heavy (non-hydrogen) atoms. The van der Waals surface area contributed by atoms with Gasteiger partial charge in [-0.15, -0.1) is 0 Å². The van der Waals surface area contributed by atoms with Crippen LogP contribution in [-0.2, 0) is 12.4 Å². The molecule has 0 aromatic heterocycles. The summed E-state index contributed by atoms with van der Waals surface area (Å²) in [5, 5.41) is 10.5. The van der Waals surface area contributed by atoms with Gasteiger partial charge in [0.05, 0.1) is 10.5 Å². The lowest BCUT2D eigenvalue weighted by molar-refractivity contribution is -0.389. The van der Waals surface area contributed by atoms with E-state index in [-0.39, 0.29) is 6.07 Å².